The number of rotatable bonds is 2. The monoisotopic (exact) mass is 206 g/mol. The second-order valence-electron chi connectivity index (χ2n) is 3.22. The molecule has 1 heterocycles. The SMILES string of the molecule is Cn1c(=O)on(Cc2ccccc2)c1=O. The van der Waals surface area contributed by atoms with Gasteiger partial charge in [-0.3, -0.25) is 0 Å². The lowest BCUT2D eigenvalue weighted by atomic mass is 10.2. The summed E-state index contributed by atoms with van der Waals surface area (Å²) >= 11 is 0. The van der Waals surface area contributed by atoms with Crippen molar-refractivity contribution in [3.05, 3.63) is 56.9 Å². The molecule has 15 heavy (non-hydrogen) atoms. The zero-order valence-corrected chi connectivity index (χ0v) is 8.21. The van der Waals surface area contributed by atoms with Crippen LogP contribution >= 0.6 is 0 Å². The van der Waals surface area contributed by atoms with Gasteiger partial charge >= 0.3 is 11.4 Å². The molecule has 0 bridgehead atoms. The van der Waals surface area contributed by atoms with E-state index in [0.717, 1.165) is 14.9 Å². The zero-order chi connectivity index (χ0) is 10.8. The summed E-state index contributed by atoms with van der Waals surface area (Å²) in [6, 6.07) is 9.33. The first kappa shape index (κ1) is 9.51. The van der Waals surface area contributed by atoms with E-state index in [9.17, 15) is 9.59 Å². The van der Waals surface area contributed by atoms with Crippen molar-refractivity contribution >= 4 is 0 Å². The lowest BCUT2D eigenvalue weighted by Gasteiger charge is -1.97. The second-order valence-corrected chi connectivity index (χ2v) is 3.22. The Morgan fingerprint density at radius 3 is 2.40 bits per heavy atom. The maximum Gasteiger partial charge on any atom is 0.442 e. The Balaban J connectivity index is 2.38. The highest BCUT2D eigenvalue weighted by Crippen LogP contribution is 1.99. The van der Waals surface area contributed by atoms with Crippen molar-refractivity contribution < 1.29 is 4.52 Å². The number of benzene rings is 1. The molecule has 2 aromatic rings. The summed E-state index contributed by atoms with van der Waals surface area (Å²) in [5, 5.41) is 0. The van der Waals surface area contributed by atoms with Crippen LogP contribution in [0.25, 0.3) is 0 Å². The van der Waals surface area contributed by atoms with E-state index < -0.39 is 11.4 Å². The Kier molecular flexibility index (Phi) is 2.29. The van der Waals surface area contributed by atoms with E-state index in [2.05, 4.69) is 0 Å². The van der Waals surface area contributed by atoms with Crippen molar-refractivity contribution in [2.45, 2.75) is 6.54 Å². The van der Waals surface area contributed by atoms with Crippen LogP contribution in [0.3, 0.4) is 0 Å². The average molecular weight is 206 g/mol. The van der Waals surface area contributed by atoms with Crippen molar-refractivity contribution in [2.75, 3.05) is 0 Å². The minimum absolute atomic E-state index is 0.274. The van der Waals surface area contributed by atoms with Crippen LogP contribution in [0.2, 0.25) is 0 Å². The highest BCUT2D eigenvalue weighted by Gasteiger charge is 2.07. The molecule has 0 aliphatic rings. The van der Waals surface area contributed by atoms with Gasteiger partial charge < -0.3 is 4.52 Å². The molecule has 0 N–H and O–H groups in total. The van der Waals surface area contributed by atoms with Gasteiger partial charge in [0.05, 0.1) is 6.54 Å². The topological polar surface area (TPSA) is 57.1 Å². The Morgan fingerprint density at radius 2 is 1.87 bits per heavy atom. The van der Waals surface area contributed by atoms with Crippen LogP contribution in [0.15, 0.2) is 44.4 Å². The van der Waals surface area contributed by atoms with Gasteiger partial charge in [0.2, 0.25) is 0 Å². The third kappa shape index (κ3) is 1.76. The lowest BCUT2D eigenvalue weighted by molar-refractivity contribution is 0.257. The summed E-state index contributed by atoms with van der Waals surface area (Å²) in [5.41, 5.74) is 0.470. The molecule has 0 aliphatic carbocycles. The van der Waals surface area contributed by atoms with Crippen molar-refractivity contribution in [3.63, 3.8) is 0 Å². The van der Waals surface area contributed by atoms with Crippen LogP contribution in [0, 0.1) is 0 Å². The van der Waals surface area contributed by atoms with Gasteiger partial charge in [-0.05, 0) is 5.56 Å². The Hall–Kier alpha value is -2.04. The standard InChI is InChI=1S/C10H10N2O3/c1-11-9(13)12(15-10(11)14)7-8-5-3-2-4-6-8/h2-6H,7H2,1H3. The van der Waals surface area contributed by atoms with E-state index >= 15 is 0 Å². The molecule has 0 spiro atoms. The van der Waals surface area contributed by atoms with Crippen LogP contribution in [-0.2, 0) is 13.6 Å². The highest BCUT2D eigenvalue weighted by atomic mass is 16.5. The zero-order valence-electron chi connectivity index (χ0n) is 8.21. The molecule has 5 heteroatoms. The average Bonchev–Trinajstić information content (AvgIpc) is 2.48. The third-order valence-corrected chi connectivity index (χ3v) is 2.13. The predicted molar refractivity (Wildman–Crippen MR) is 53.8 cm³/mol. The van der Waals surface area contributed by atoms with Crippen LogP contribution in [0.1, 0.15) is 5.56 Å². The molecule has 1 aromatic heterocycles. The van der Waals surface area contributed by atoms with Gasteiger partial charge in [-0.25, -0.2) is 14.2 Å². The molecule has 1 aromatic carbocycles. The Morgan fingerprint density at radius 1 is 1.20 bits per heavy atom. The number of nitrogens with zero attached hydrogens (tertiary/aromatic N) is 2. The molecule has 2 rings (SSSR count). The number of hydrogen-bond donors (Lipinski definition) is 0. The molecule has 0 amide bonds. The maximum atomic E-state index is 11.4. The summed E-state index contributed by atoms with van der Waals surface area (Å²) in [4.78, 5) is 22.5. The van der Waals surface area contributed by atoms with E-state index in [1.807, 2.05) is 30.3 Å². The fraction of sp³-hybridized carbons (Fsp3) is 0.200. The Bertz CT molecular complexity index is 562. The highest BCUT2D eigenvalue weighted by molar-refractivity contribution is 5.14. The number of hydrogen-bond acceptors (Lipinski definition) is 3. The predicted octanol–water partition coefficient (Wildman–Crippen LogP) is 0.188. The van der Waals surface area contributed by atoms with Crippen molar-refractivity contribution in [1.82, 2.24) is 9.31 Å². The Labute approximate surface area is 85.1 Å². The first-order valence-corrected chi connectivity index (χ1v) is 4.49. The fourth-order valence-electron chi connectivity index (χ4n) is 1.29. The normalized spacial score (nSPS) is 10.5. The molecule has 5 nitrogen and oxygen atoms in total. The van der Waals surface area contributed by atoms with Gasteiger partial charge in [0.1, 0.15) is 0 Å². The summed E-state index contributed by atoms with van der Waals surface area (Å²) < 4.78 is 6.73. The minimum Gasteiger partial charge on any atom is -0.316 e. The third-order valence-electron chi connectivity index (χ3n) is 2.13. The summed E-state index contributed by atoms with van der Waals surface area (Å²) in [7, 11) is 1.38. The van der Waals surface area contributed by atoms with Gasteiger partial charge in [-0.1, -0.05) is 30.3 Å². The van der Waals surface area contributed by atoms with Crippen molar-refractivity contribution in [1.29, 1.82) is 0 Å². The summed E-state index contributed by atoms with van der Waals surface area (Å²) in [5.74, 6) is -0.643. The minimum atomic E-state index is -0.643. The molecule has 0 unspecified atom stereocenters. The molecular weight excluding hydrogens is 196 g/mol. The molecule has 0 fully saturated rings. The van der Waals surface area contributed by atoms with E-state index in [-0.39, 0.29) is 6.54 Å². The first-order chi connectivity index (χ1) is 7.18. The van der Waals surface area contributed by atoms with Gasteiger partial charge in [-0.2, -0.15) is 0 Å². The quantitative estimate of drug-likeness (QED) is 0.704. The molecule has 0 saturated carbocycles. The van der Waals surface area contributed by atoms with E-state index in [0.29, 0.717) is 0 Å². The summed E-state index contributed by atoms with van der Waals surface area (Å²) in [6.45, 7) is 0.274. The molecule has 0 saturated heterocycles. The van der Waals surface area contributed by atoms with E-state index in [1.54, 1.807) is 0 Å². The largest absolute Gasteiger partial charge is 0.442 e. The van der Waals surface area contributed by atoms with Crippen molar-refractivity contribution in [3.8, 4) is 0 Å². The van der Waals surface area contributed by atoms with Crippen LogP contribution in [0.4, 0.5) is 0 Å². The molecule has 0 aliphatic heterocycles. The fourth-order valence-corrected chi connectivity index (χ4v) is 1.29. The van der Waals surface area contributed by atoms with Gasteiger partial charge in [-0.15, -0.1) is 4.74 Å². The maximum absolute atomic E-state index is 11.4. The first-order valence-electron chi connectivity index (χ1n) is 4.49. The molecule has 78 valence electrons. The van der Waals surface area contributed by atoms with Crippen LogP contribution in [-0.4, -0.2) is 9.31 Å². The van der Waals surface area contributed by atoms with Gasteiger partial charge in [0.25, 0.3) is 0 Å². The van der Waals surface area contributed by atoms with E-state index in [4.69, 9.17) is 4.52 Å². The molecular formula is C10H10N2O3. The smallest absolute Gasteiger partial charge is 0.316 e. The lowest BCUT2D eigenvalue weighted by Crippen LogP contribution is -2.26. The van der Waals surface area contributed by atoms with Crippen LogP contribution in [0.5, 0.6) is 0 Å². The van der Waals surface area contributed by atoms with E-state index in [1.165, 1.54) is 7.05 Å². The molecule has 0 atom stereocenters. The van der Waals surface area contributed by atoms with Crippen molar-refractivity contribution in [2.24, 2.45) is 7.05 Å². The van der Waals surface area contributed by atoms with Gasteiger partial charge in [0.15, 0.2) is 0 Å². The molecule has 0 radical (unpaired) electrons. The second kappa shape index (κ2) is 3.61. The van der Waals surface area contributed by atoms with Gasteiger partial charge in [0, 0.05) is 7.05 Å². The number of aromatic nitrogens is 2. The van der Waals surface area contributed by atoms with Crippen LogP contribution < -0.4 is 11.4 Å². The summed E-state index contributed by atoms with van der Waals surface area (Å²) in [6.07, 6.45) is 0.